The summed E-state index contributed by atoms with van der Waals surface area (Å²) in [5.74, 6) is -1.22. The lowest BCUT2D eigenvalue weighted by molar-refractivity contribution is -0.274. The lowest BCUT2D eigenvalue weighted by Gasteiger charge is -2.44. The Labute approximate surface area is 240 Å². The van der Waals surface area contributed by atoms with Crippen molar-refractivity contribution in [1.29, 1.82) is 0 Å². The topological polar surface area (TPSA) is 70.2 Å². The summed E-state index contributed by atoms with van der Waals surface area (Å²) in [6.45, 7) is 3.40. The standard InChI is InChI=1S/C28H30Cl2F3N3O4/c1-17(37)35-12-9-19(10-13-35)27(39)36-14-11-25(22(16-36)20-5-8-23(29)24(30)15-20)34(2)26(38)18-3-6-21(7-4-18)40-28(31,32)33/h3-8,15,19,22,25H,9-14,16H2,1-2H3. The largest absolute Gasteiger partial charge is 0.573 e. The van der Waals surface area contributed by atoms with Crippen LogP contribution in [0, 0.1) is 5.92 Å². The van der Waals surface area contributed by atoms with Crippen LogP contribution >= 0.6 is 23.2 Å². The Morgan fingerprint density at radius 3 is 2.12 bits per heavy atom. The zero-order valence-electron chi connectivity index (χ0n) is 22.1. The van der Waals surface area contributed by atoms with E-state index >= 15 is 0 Å². The minimum absolute atomic E-state index is 0.00150. The van der Waals surface area contributed by atoms with Gasteiger partial charge in [-0.3, -0.25) is 14.4 Å². The molecule has 0 radical (unpaired) electrons. The van der Waals surface area contributed by atoms with E-state index in [2.05, 4.69) is 4.74 Å². The molecule has 2 atom stereocenters. The zero-order chi connectivity index (χ0) is 29.2. The van der Waals surface area contributed by atoms with Crippen molar-refractivity contribution in [3.8, 4) is 5.75 Å². The van der Waals surface area contributed by atoms with Gasteiger partial charge >= 0.3 is 6.36 Å². The predicted octanol–water partition coefficient (Wildman–Crippen LogP) is 5.61. The van der Waals surface area contributed by atoms with Gasteiger partial charge in [0.25, 0.3) is 5.91 Å². The van der Waals surface area contributed by atoms with E-state index < -0.39 is 12.1 Å². The van der Waals surface area contributed by atoms with Crippen molar-refractivity contribution in [3.63, 3.8) is 0 Å². The molecule has 216 valence electrons. The average Bonchev–Trinajstić information content (AvgIpc) is 2.92. The Hall–Kier alpha value is -2.98. The highest BCUT2D eigenvalue weighted by atomic mass is 35.5. The van der Waals surface area contributed by atoms with Gasteiger partial charge < -0.3 is 19.4 Å². The van der Waals surface area contributed by atoms with Crippen LogP contribution in [0.5, 0.6) is 5.75 Å². The summed E-state index contributed by atoms with van der Waals surface area (Å²) in [5.41, 5.74) is 1.03. The van der Waals surface area contributed by atoms with Gasteiger partial charge in [-0.25, -0.2) is 0 Å². The summed E-state index contributed by atoms with van der Waals surface area (Å²) in [6.07, 6.45) is -3.14. The molecule has 7 nitrogen and oxygen atoms in total. The molecule has 2 saturated heterocycles. The van der Waals surface area contributed by atoms with E-state index in [0.29, 0.717) is 55.5 Å². The number of ether oxygens (including phenoxy) is 1. The first-order chi connectivity index (χ1) is 18.8. The fourth-order valence-electron chi connectivity index (χ4n) is 5.53. The molecule has 0 saturated carbocycles. The first-order valence-electron chi connectivity index (χ1n) is 13.0. The molecule has 2 aromatic carbocycles. The number of nitrogens with zero attached hydrogens (tertiary/aromatic N) is 3. The number of carbonyl (C=O) groups is 3. The van der Waals surface area contributed by atoms with Crippen molar-refractivity contribution in [2.45, 2.75) is 44.5 Å². The molecule has 3 amide bonds. The van der Waals surface area contributed by atoms with Gasteiger partial charge in [-0.15, -0.1) is 13.2 Å². The van der Waals surface area contributed by atoms with E-state index in [1.165, 1.54) is 19.1 Å². The van der Waals surface area contributed by atoms with E-state index in [9.17, 15) is 27.6 Å². The Morgan fingerprint density at radius 2 is 1.55 bits per heavy atom. The van der Waals surface area contributed by atoms with Gasteiger partial charge in [0, 0.05) is 63.6 Å². The molecular formula is C28H30Cl2F3N3O4. The molecule has 0 N–H and O–H groups in total. The number of carbonyl (C=O) groups excluding carboxylic acids is 3. The van der Waals surface area contributed by atoms with Crippen molar-refractivity contribution < 1.29 is 32.3 Å². The molecule has 2 aliphatic rings. The van der Waals surface area contributed by atoms with Crippen molar-refractivity contribution in [3.05, 3.63) is 63.6 Å². The first kappa shape index (κ1) is 30.0. The number of alkyl halides is 3. The van der Waals surface area contributed by atoms with Gasteiger partial charge in [-0.1, -0.05) is 29.3 Å². The monoisotopic (exact) mass is 599 g/mol. The van der Waals surface area contributed by atoms with Gasteiger partial charge in [-0.2, -0.15) is 0 Å². The quantitative estimate of drug-likeness (QED) is 0.448. The molecule has 2 unspecified atom stereocenters. The van der Waals surface area contributed by atoms with Gasteiger partial charge in [0.2, 0.25) is 11.8 Å². The fraction of sp³-hybridized carbons (Fsp3) is 0.464. The van der Waals surface area contributed by atoms with E-state index in [1.54, 1.807) is 29.0 Å². The third-order valence-corrected chi connectivity index (χ3v) is 8.44. The number of rotatable bonds is 5. The van der Waals surface area contributed by atoms with Crippen LogP contribution in [0.2, 0.25) is 10.0 Å². The second kappa shape index (κ2) is 12.3. The minimum atomic E-state index is -4.83. The molecule has 0 aliphatic carbocycles. The zero-order valence-corrected chi connectivity index (χ0v) is 23.6. The lowest BCUT2D eigenvalue weighted by atomic mass is 9.83. The highest BCUT2D eigenvalue weighted by molar-refractivity contribution is 6.42. The van der Waals surface area contributed by atoms with Crippen molar-refractivity contribution >= 4 is 40.9 Å². The molecule has 0 aromatic heterocycles. The number of hydrogen-bond acceptors (Lipinski definition) is 4. The number of piperidine rings is 2. The molecule has 4 rings (SSSR count). The number of halogens is 5. The number of amides is 3. The summed E-state index contributed by atoms with van der Waals surface area (Å²) < 4.78 is 41.5. The lowest BCUT2D eigenvalue weighted by Crippen LogP contribution is -2.53. The summed E-state index contributed by atoms with van der Waals surface area (Å²) in [7, 11) is 1.65. The Bertz CT molecular complexity index is 1250. The predicted molar refractivity (Wildman–Crippen MR) is 144 cm³/mol. The Balaban J connectivity index is 1.53. The first-order valence-corrected chi connectivity index (χ1v) is 13.7. The normalized spacial score (nSPS) is 20.3. The molecule has 0 bridgehead atoms. The van der Waals surface area contributed by atoms with Gasteiger partial charge in [-0.05, 0) is 61.2 Å². The van der Waals surface area contributed by atoms with Crippen LogP contribution in [0.15, 0.2) is 42.5 Å². The maximum atomic E-state index is 13.5. The van der Waals surface area contributed by atoms with Gasteiger partial charge in [0.1, 0.15) is 5.75 Å². The van der Waals surface area contributed by atoms with Crippen LogP contribution in [0.1, 0.15) is 48.0 Å². The van der Waals surface area contributed by atoms with E-state index in [1.807, 2.05) is 11.0 Å². The summed E-state index contributed by atoms with van der Waals surface area (Å²) in [6, 6.07) is 9.71. The van der Waals surface area contributed by atoms with Crippen LogP contribution in [0.4, 0.5) is 13.2 Å². The molecule has 2 heterocycles. The smallest absolute Gasteiger partial charge is 0.406 e. The molecule has 0 spiro atoms. The average molecular weight is 600 g/mol. The van der Waals surface area contributed by atoms with Crippen molar-refractivity contribution in [2.75, 3.05) is 33.2 Å². The maximum Gasteiger partial charge on any atom is 0.573 e. The van der Waals surface area contributed by atoms with Crippen LogP contribution in [-0.2, 0) is 9.59 Å². The van der Waals surface area contributed by atoms with E-state index in [0.717, 1.165) is 17.7 Å². The summed E-state index contributed by atoms with van der Waals surface area (Å²) in [4.78, 5) is 43.7. The highest BCUT2D eigenvalue weighted by Crippen LogP contribution is 2.36. The van der Waals surface area contributed by atoms with Crippen molar-refractivity contribution in [1.82, 2.24) is 14.7 Å². The number of hydrogen-bond donors (Lipinski definition) is 0. The molecule has 2 aliphatic heterocycles. The molecule has 40 heavy (non-hydrogen) atoms. The second-order valence-electron chi connectivity index (χ2n) is 10.2. The van der Waals surface area contributed by atoms with Crippen LogP contribution in [-0.4, -0.2) is 78.1 Å². The minimum Gasteiger partial charge on any atom is -0.406 e. The van der Waals surface area contributed by atoms with Crippen molar-refractivity contribution in [2.24, 2.45) is 5.92 Å². The van der Waals surface area contributed by atoms with Crippen LogP contribution < -0.4 is 4.74 Å². The molecule has 2 aromatic rings. The third kappa shape index (κ3) is 7.01. The SMILES string of the molecule is CC(=O)N1CCC(C(=O)N2CCC(N(C)C(=O)c3ccc(OC(F)(F)F)cc3)C(c3ccc(Cl)c(Cl)c3)C2)CC1. The second-order valence-corrected chi connectivity index (χ2v) is 11.0. The summed E-state index contributed by atoms with van der Waals surface area (Å²) >= 11 is 12.5. The number of likely N-dealkylation sites (N-methyl/N-ethyl adjacent to an activating group) is 1. The molecular weight excluding hydrogens is 570 g/mol. The Kier molecular flexibility index (Phi) is 9.19. The molecule has 12 heteroatoms. The highest BCUT2D eigenvalue weighted by Gasteiger charge is 2.39. The number of likely N-dealkylation sites (tertiary alicyclic amines) is 2. The Morgan fingerprint density at radius 1 is 0.925 bits per heavy atom. The maximum absolute atomic E-state index is 13.5. The number of benzene rings is 2. The van der Waals surface area contributed by atoms with E-state index in [4.69, 9.17) is 23.2 Å². The third-order valence-electron chi connectivity index (χ3n) is 7.70. The van der Waals surface area contributed by atoms with Gasteiger partial charge in [0.05, 0.1) is 10.0 Å². The van der Waals surface area contributed by atoms with Crippen LogP contribution in [0.25, 0.3) is 0 Å². The molecule has 2 fully saturated rings. The van der Waals surface area contributed by atoms with E-state index in [-0.39, 0.29) is 41.2 Å². The van der Waals surface area contributed by atoms with Crippen LogP contribution in [0.3, 0.4) is 0 Å². The van der Waals surface area contributed by atoms with Gasteiger partial charge in [0.15, 0.2) is 0 Å². The fourth-order valence-corrected chi connectivity index (χ4v) is 5.83. The summed E-state index contributed by atoms with van der Waals surface area (Å²) in [5, 5.41) is 0.737.